The van der Waals surface area contributed by atoms with E-state index >= 15 is 8.78 Å². The highest BCUT2D eigenvalue weighted by atomic mass is 19.1. The van der Waals surface area contributed by atoms with Crippen LogP contribution < -0.4 is 20.7 Å². The molecular weight excluding hydrogens is 867 g/mol. The summed E-state index contributed by atoms with van der Waals surface area (Å²) in [4.78, 5) is 88.3. The number of hydrogen-bond acceptors (Lipinski definition) is 13. The lowest BCUT2D eigenvalue weighted by Gasteiger charge is -2.63. The maximum absolute atomic E-state index is 17.7. The van der Waals surface area contributed by atoms with Gasteiger partial charge < -0.3 is 45.5 Å². The minimum absolute atomic E-state index is 0.0163. The van der Waals surface area contributed by atoms with Crippen LogP contribution in [0.1, 0.15) is 65.2 Å². The number of aliphatic hydroxyl groups is 2. The first kappa shape index (κ1) is 46.4. The normalized spacial score (nSPS) is 33.8. The van der Waals surface area contributed by atoms with Crippen LogP contribution >= 0.6 is 0 Å². The third kappa shape index (κ3) is 7.41. The van der Waals surface area contributed by atoms with Gasteiger partial charge in [-0.05, 0) is 106 Å². The van der Waals surface area contributed by atoms with Crippen LogP contribution in [0, 0.1) is 22.7 Å². The lowest BCUT2D eigenvalue weighted by molar-refractivity contribution is -0.235. The van der Waals surface area contributed by atoms with Crippen LogP contribution in [0.15, 0.2) is 78.4 Å². The highest BCUT2D eigenvalue weighted by Crippen LogP contribution is 2.72. The number of carbonyl (C=O) groups is 7. The number of halogens is 2. The number of nitrogens with zero attached hydrogens (tertiary/aromatic N) is 1. The van der Waals surface area contributed by atoms with Crippen LogP contribution in [0.5, 0.6) is 17.2 Å². The molecule has 5 amide bonds. The smallest absolute Gasteiger partial charge is 0.253 e. The van der Waals surface area contributed by atoms with Gasteiger partial charge in [0.1, 0.15) is 30.6 Å². The first-order valence-corrected chi connectivity index (χ1v) is 21.7. The van der Waals surface area contributed by atoms with E-state index in [9.17, 15) is 48.9 Å². The second-order valence-electron chi connectivity index (χ2n) is 18.3. The number of Topliss-reactive ketones (excluding diaryl/α,β-unsaturated/α-hetero) is 1. The summed E-state index contributed by atoms with van der Waals surface area (Å²) in [7, 11) is 0. The number of rotatable bonds is 13. The molecule has 12 atom stereocenters. The number of allylic oxidation sites excluding steroid dienone is 4. The SMILES string of the molecule is C[C@H](NC(=O)CCN1C(=O)C=CC1=O)C(=O)N[C@@H](C)C(=O)Nc1ccc(Oc2ccc([C@@H]3O[C@@H]4C[C@H]5[C@@H]6C[C@H](F)C7=CC(=O)C=C[C@]7(C)[C@@]6(F)[C@@H](O)C[C@]5(C)[C@]4(C(=O)CO)O3)cc2O)cc1. The maximum atomic E-state index is 17.7. The van der Waals surface area contributed by atoms with E-state index in [-0.39, 0.29) is 60.6 Å². The summed E-state index contributed by atoms with van der Waals surface area (Å²) in [6.45, 7) is 4.90. The van der Waals surface area contributed by atoms with Crippen molar-refractivity contribution in [3.63, 3.8) is 0 Å². The number of nitrogens with one attached hydrogen (secondary N) is 3. The average molecular weight is 917 g/mol. The quantitative estimate of drug-likeness (QED) is 0.159. The van der Waals surface area contributed by atoms with Gasteiger partial charge in [0.2, 0.25) is 17.7 Å². The largest absolute Gasteiger partial charge is 0.504 e. The van der Waals surface area contributed by atoms with E-state index < -0.39 is 118 Å². The van der Waals surface area contributed by atoms with Gasteiger partial charge in [0, 0.05) is 53.1 Å². The molecule has 0 bridgehead atoms. The topological polar surface area (TPSA) is 247 Å². The molecule has 0 radical (unpaired) electrons. The molecule has 4 aliphatic carbocycles. The Morgan fingerprint density at radius 1 is 0.939 bits per heavy atom. The number of benzene rings is 2. The number of phenolic OH excluding ortho intramolecular Hbond substituents is 1. The Bertz CT molecular complexity index is 2480. The summed E-state index contributed by atoms with van der Waals surface area (Å²) >= 11 is 0. The lowest BCUT2D eigenvalue weighted by atomic mass is 9.44. The van der Waals surface area contributed by atoms with Crippen molar-refractivity contribution in [2.75, 3.05) is 18.5 Å². The molecule has 19 heteroatoms. The number of phenols is 1. The van der Waals surface area contributed by atoms with Crippen LogP contribution in [0.2, 0.25) is 0 Å². The average Bonchev–Trinajstić information content (AvgIpc) is 3.90. The second kappa shape index (κ2) is 16.9. The number of hydrogen-bond donors (Lipinski definition) is 6. The van der Waals surface area contributed by atoms with Crippen molar-refractivity contribution < 1.29 is 71.9 Å². The molecule has 0 spiro atoms. The number of carbonyl (C=O) groups excluding carboxylic acids is 7. The van der Waals surface area contributed by atoms with E-state index in [0.717, 1.165) is 23.1 Å². The zero-order valence-electron chi connectivity index (χ0n) is 36.4. The molecule has 1 saturated heterocycles. The zero-order valence-corrected chi connectivity index (χ0v) is 36.4. The third-order valence-electron chi connectivity index (χ3n) is 14.5. The molecular formula is C47H50F2N4O13. The summed E-state index contributed by atoms with van der Waals surface area (Å²) in [6.07, 6.45) is -0.701. The molecule has 0 aromatic heterocycles. The second-order valence-corrected chi connectivity index (χ2v) is 18.3. The number of alkyl halides is 2. The van der Waals surface area contributed by atoms with E-state index in [1.54, 1.807) is 6.92 Å². The molecule has 2 heterocycles. The van der Waals surface area contributed by atoms with Gasteiger partial charge in [-0.3, -0.25) is 38.5 Å². The Kier molecular flexibility index (Phi) is 11.9. The van der Waals surface area contributed by atoms with Crippen LogP contribution in [0.3, 0.4) is 0 Å². The Labute approximate surface area is 377 Å². The first-order valence-electron chi connectivity index (χ1n) is 21.7. The molecule has 2 aromatic carbocycles. The number of fused-ring (bicyclic) bond motifs is 7. The summed E-state index contributed by atoms with van der Waals surface area (Å²) in [6, 6.07) is 8.29. The van der Waals surface area contributed by atoms with Gasteiger partial charge in [-0.25, -0.2) is 8.78 Å². The number of aliphatic hydroxyl groups excluding tert-OH is 2. The molecule has 4 fully saturated rings. The van der Waals surface area contributed by atoms with Crippen LogP contribution in [0.25, 0.3) is 0 Å². The molecule has 6 N–H and O–H groups in total. The van der Waals surface area contributed by atoms with Crippen molar-refractivity contribution in [2.24, 2.45) is 22.7 Å². The lowest BCUT2D eigenvalue weighted by Crippen LogP contribution is -2.70. The van der Waals surface area contributed by atoms with Gasteiger partial charge in [-0.2, -0.15) is 0 Å². The first-order chi connectivity index (χ1) is 31.2. The van der Waals surface area contributed by atoms with E-state index in [1.807, 2.05) is 0 Å². The zero-order chi connectivity index (χ0) is 47.7. The van der Waals surface area contributed by atoms with Crippen molar-refractivity contribution in [1.29, 1.82) is 0 Å². The molecule has 66 heavy (non-hydrogen) atoms. The minimum Gasteiger partial charge on any atom is -0.504 e. The molecule has 6 aliphatic rings. The third-order valence-corrected chi connectivity index (χ3v) is 14.5. The predicted molar refractivity (Wildman–Crippen MR) is 226 cm³/mol. The molecule has 2 aromatic rings. The number of amides is 5. The summed E-state index contributed by atoms with van der Waals surface area (Å²) < 4.78 is 52.4. The maximum Gasteiger partial charge on any atom is 0.253 e. The fourth-order valence-electron chi connectivity index (χ4n) is 11.1. The Balaban J connectivity index is 0.882. The van der Waals surface area contributed by atoms with Crippen molar-refractivity contribution in [3.8, 4) is 17.2 Å². The van der Waals surface area contributed by atoms with Crippen LogP contribution in [-0.4, -0.2) is 116 Å². The highest BCUT2D eigenvalue weighted by Gasteiger charge is 2.80. The predicted octanol–water partition coefficient (Wildman–Crippen LogP) is 3.09. The number of ether oxygens (including phenoxy) is 3. The molecule has 8 rings (SSSR count). The van der Waals surface area contributed by atoms with Crippen LogP contribution in [0.4, 0.5) is 14.5 Å². The molecule has 350 valence electrons. The van der Waals surface area contributed by atoms with Gasteiger partial charge in [0.05, 0.1) is 12.2 Å². The van der Waals surface area contributed by atoms with E-state index in [1.165, 1.54) is 75.4 Å². The van der Waals surface area contributed by atoms with Crippen molar-refractivity contribution >= 4 is 46.8 Å². The van der Waals surface area contributed by atoms with Crippen molar-refractivity contribution in [3.05, 3.63) is 84.0 Å². The fourth-order valence-corrected chi connectivity index (χ4v) is 11.1. The van der Waals surface area contributed by atoms with Gasteiger partial charge in [-0.1, -0.05) is 13.0 Å². The van der Waals surface area contributed by atoms with Gasteiger partial charge in [0.25, 0.3) is 11.8 Å². The summed E-state index contributed by atoms with van der Waals surface area (Å²) in [5.74, 6) is -5.99. The van der Waals surface area contributed by atoms with Gasteiger partial charge in [0.15, 0.2) is 40.6 Å². The Morgan fingerprint density at radius 2 is 1.62 bits per heavy atom. The standard InChI is InChI=1S/C47H50F2N4O13/c1-23(50-38(59)14-16-53-39(60)11-12-40(53)61)41(62)51-24(2)42(63)52-26-6-8-28(9-7-26)64-34-10-5-25(17-33(34)56)43-65-37-20-29-30-19-32(48)31-18-27(55)13-15-44(31,3)46(30,49)35(57)21-45(29,4)47(37,66-43)36(58)22-54/h5-13,15,17-18,23-24,29-30,32,35,37,43,54,56-57H,14,16,19-22H2,1-4H3,(H,50,59)(H,51,62)(H,52,63)/t23-,24-,29-,30-,32-,35-,37+,43+,44-,45-,46-,47+/m0/s1. The molecule has 17 nitrogen and oxygen atoms in total. The Morgan fingerprint density at radius 3 is 2.29 bits per heavy atom. The highest BCUT2D eigenvalue weighted by molar-refractivity contribution is 6.13. The molecule has 2 aliphatic heterocycles. The van der Waals surface area contributed by atoms with Crippen molar-refractivity contribution in [1.82, 2.24) is 15.5 Å². The fraction of sp³-hybridized carbons (Fsp3) is 0.468. The van der Waals surface area contributed by atoms with E-state index in [2.05, 4.69) is 16.0 Å². The number of imide groups is 1. The summed E-state index contributed by atoms with van der Waals surface area (Å²) in [5.41, 5.74) is -6.66. The van der Waals surface area contributed by atoms with Crippen molar-refractivity contribution in [2.45, 2.75) is 101 Å². The number of aromatic hydroxyl groups is 1. The van der Waals surface area contributed by atoms with Crippen LogP contribution in [-0.2, 0) is 43.0 Å². The van der Waals surface area contributed by atoms with Gasteiger partial charge in [-0.15, -0.1) is 0 Å². The molecule has 3 saturated carbocycles. The van der Waals surface area contributed by atoms with Gasteiger partial charge >= 0.3 is 0 Å². The number of anilines is 1. The monoisotopic (exact) mass is 916 g/mol. The number of ketones is 2. The summed E-state index contributed by atoms with van der Waals surface area (Å²) in [5, 5.41) is 40.8. The van der Waals surface area contributed by atoms with E-state index in [0.29, 0.717) is 5.69 Å². The van der Waals surface area contributed by atoms with E-state index in [4.69, 9.17) is 14.2 Å². The Hall–Kier alpha value is -6.15. The minimum atomic E-state index is -2.40. The molecule has 0 unspecified atom stereocenters.